The number of urea groups is 1. The van der Waals surface area contributed by atoms with Gasteiger partial charge in [-0.05, 0) is 37.1 Å². The summed E-state index contributed by atoms with van der Waals surface area (Å²) in [4.78, 5) is 36.8. The molecule has 0 spiro atoms. The van der Waals surface area contributed by atoms with Gasteiger partial charge in [0.05, 0.1) is 0 Å². The zero-order chi connectivity index (χ0) is 16.3. The fourth-order valence-corrected chi connectivity index (χ4v) is 2.52. The first-order chi connectivity index (χ1) is 10.4. The van der Waals surface area contributed by atoms with Crippen molar-refractivity contribution in [1.29, 1.82) is 0 Å². The summed E-state index contributed by atoms with van der Waals surface area (Å²) >= 11 is 3.39. The first-order valence-electron chi connectivity index (χ1n) is 7.10. The highest BCUT2D eigenvalue weighted by Gasteiger charge is 2.38. The molecule has 4 amide bonds. The summed E-state index contributed by atoms with van der Waals surface area (Å²) in [5, 5.41) is 5.28. The van der Waals surface area contributed by atoms with E-state index in [2.05, 4.69) is 26.6 Å². The standard InChI is InChI=1S/C15H18BrN3O3/c1-3-4-12-14(21)19(15(22)18-12)8-13(20)17-10-5-6-11(16)9(2)7-10/h5-7,12H,3-4,8H2,1-2H3,(H,17,20)(H,18,22). The van der Waals surface area contributed by atoms with Gasteiger partial charge in [0.15, 0.2) is 0 Å². The molecule has 2 rings (SSSR count). The Labute approximate surface area is 137 Å². The van der Waals surface area contributed by atoms with Crippen molar-refractivity contribution in [3.8, 4) is 0 Å². The molecule has 7 heteroatoms. The summed E-state index contributed by atoms with van der Waals surface area (Å²) in [6, 6.07) is 4.37. The molecule has 1 aliphatic rings. The van der Waals surface area contributed by atoms with Crippen LogP contribution in [-0.4, -0.2) is 35.3 Å². The third-order valence-electron chi connectivity index (χ3n) is 3.43. The highest BCUT2D eigenvalue weighted by Crippen LogP contribution is 2.20. The molecule has 1 saturated heterocycles. The van der Waals surface area contributed by atoms with Gasteiger partial charge in [0.2, 0.25) is 5.91 Å². The van der Waals surface area contributed by atoms with Crippen molar-refractivity contribution in [2.24, 2.45) is 0 Å². The molecule has 0 bridgehead atoms. The van der Waals surface area contributed by atoms with Crippen LogP contribution < -0.4 is 10.6 Å². The molecular weight excluding hydrogens is 350 g/mol. The molecule has 22 heavy (non-hydrogen) atoms. The molecule has 0 aliphatic carbocycles. The van der Waals surface area contributed by atoms with Crippen LogP contribution in [0.1, 0.15) is 25.3 Å². The highest BCUT2D eigenvalue weighted by molar-refractivity contribution is 9.10. The van der Waals surface area contributed by atoms with Gasteiger partial charge >= 0.3 is 6.03 Å². The van der Waals surface area contributed by atoms with Crippen molar-refractivity contribution in [3.63, 3.8) is 0 Å². The SMILES string of the molecule is CCCC1NC(=O)N(CC(=O)Nc2ccc(Br)c(C)c2)C1=O. The fourth-order valence-electron chi connectivity index (χ4n) is 2.28. The van der Waals surface area contributed by atoms with E-state index in [1.165, 1.54) is 0 Å². The van der Waals surface area contributed by atoms with E-state index in [-0.39, 0.29) is 12.5 Å². The third-order valence-corrected chi connectivity index (χ3v) is 4.32. The van der Waals surface area contributed by atoms with Crippen molar-refractivity contribution in [1.82, 2.24) is 10.2 Å². The van der Waals surface area contributed by atoms with E-state index in [1.54, 1.807) is 6.07 Å². The summed E-state index contributed by atoms with van der Waals surface area (Å²) in [5.74, 6) is -0.739. The van der Waals surface area contributed by atoms with Crippen molar-refractivity contribution in [2.75, 3.05) is 11.9 Å². The maximum Gasteiger partial charge on any atom is 0.325 e. The number of amides is 4. The Kier molecular flexibility index (Phi) is 5.18. The zero-order valence-electron chi connectivity index (χ0n) is 12.5. The second-order valence-electron chi connectivity index (χ2n) is 5.23. The highest BCUT2D eigenvalue weighted by atomic mass is 79.9. The normalized spacial score (nSPS) is 17.6. The minimum atomic E-state index is -0.514. The largest absolute Gasteiger partial charge is 0.326 e. The Bertz CT molecular complexity index is 618. The van der Waals surface area contributed by atoms with Gasteiger partial charge in [-0.15, -0.1) is 0 Å². The van der Waals surface area contributed by atoms with Crippen molar-refractivity contribution in [3.05, 3.63) is 28.2 Å². The van der Waals surface area contributed by atoms with Gasteiger partial charge in [0.25, 0.3) is 5.91 Å². The predicted molar refractivity (Wildman–Crippen MR) is 86.4 cm³/mol. The van der Waals surface area contributed by atoms with Crippen LogP contribution in [0.2, 0.25) is 0 Å². The van der Waals surface area contributed by atoms with Gasteiger partial charge in [-0.3, -0.25) is 14.5 Å². The lowest BCUT2D eigenvalue weighted by Crippen LogP contribution is -2.38. The summed E-state index contributed by atoms with van der Waals surface area (Å²) in [6.45, 7) is 3.57. The van der Waals surface area contributed by atoms with Crippen LogP contribution in [0.4, 0.5) is 10.5 Å². The Morgan fingerprint density at radius 1 is 1.41 bits per heavy atom. The van der Waals surface area contributed by atoms with Crippen LogP contribution >= 0.6 is 15.9 Å². The predicted octanol–water partition coefficient (Wildman–Crippen LogP) is 2.42. The Morgan fingerprint density at radius 2 is 2.14 bits per heavy atom. The molecule has 1 atom stereocenters. The molecule has 1 heterocycles. The van der Waals surface area contributed by atoms with Crippen molar-refractivity contribution < 1.29 is 14.4 Å². The average Bonchev–Trinajstić information content (AvgIpc) is 2.71. The van der Waals surface area contributed by atoms with E-state index in [9.17, 15) is 14.4 Å². The molecule has 1 aromatic carbocycles. The molecular formula is C15H18BrN3O3. The lowest BCUT2D eigenvalue weighted by molar-refractivity contribution is -0.130. The topological polar surface area (TPSA) is 78.5 Å². The third kappa shape index (κ3) is 3.65. The first kappa shape index (κ1) is 16.5. The number of halogens is 1. The number of carbonyl (C=O) groups is 3. The Morgan fingerprint density at radius 3 is 2.77 bits per heavy atom. The summed E-state index contributed by atoms with van der Waals surface area (Å²) in [7, 11) is 0. The first-order valence-corrected chi connectivity index (χ1v) is 7.89. The van der Waals surface area contributed by atoms with E-state index in [0.717, 1.165) is 21.4 Å². The zero-order valence-corrected chi connectivity index (χ0v) is 14.1. The second-order valence-corrected chi connectivity index (χ2v) is 6.08. The molecule has 2 N–H and O–H groups in total. The molecule has 0 radical (unpaired) electrons. The van der Waals surface area contributed by atoms with Crippen LogP contribution in [-0.2, 0) is 9.59 Å². The van der Waals surface area contributed by atoms with Gasteiger partial charge in [-0.1, -0.05) is 29.3 Å². The number of benzene rings is 1. The minimum absolute atomic E-state index is 0.278. The lowest BCUT2D eigenvalue weighted by atomic mass is 10.2. The number of aryl methyl sites for hydroxylation is 1. The Hall–Kier alpha value is -1.89. The number of nitrogens with one attached hydrogen (secondary N) is 2. The average molecular weight is 368 g/mol. The van der Waals surface area contributed by atoms with Crippen LogP contribution in [0, 0.1) is 6.92 Å². The van der Waals surface area contributed by atoms with Crippen LogP contribution in [0.25, 0.3) is 0 Å². The fraction of sp³-hybridized carbons (Fsp3) is 0.400. The number of hydrogen-bond donors (Lipinski definition) is 2. The number of carbonyl (C=O) groups excluding carboxylic acids is 3. The molecule has 0 aromatic heterocycles. The molecule has 0 saturated carbocycles. The van der Waals surface area contributed by atoms with Crippen LogP contribution in [0.3, 0.4) is 0 Å². The van der Waals surface area contributed by atoms with E-state index < -0.39 is 18.0 Å². The van der Waals surface area contributed by atoms with E-state index in [0.29, 0.717) is 12.1 Å². The van der Waals surface area contributed by atoms with Gasteiger partial charge in [0.1, 0.15) is 12.6 Å². The monoisotopic (exact) mass is 367 g/mol. The Balaban J connectivity index is 1.98. The smallest absolute Gasteiger partial charge is 0.325 e. The van der Waals surface area contributed by atoms with Crippen molar-refractivity contribution >= 4 is 39.5 Å². The van der Waals surface area contributed by atoms with Gasteiger partial charge in [0, 0.05) is 10.2 Å². The molecule has 118 valence electrons. The maximum absolute atomic E-state index is 12.0. The number of anilines is 1. The number of nitrogens with zero attached hydrogens (tertiary/aromatic N) is 1. The molecule has 1 fully saturated rings. The van der Waals surface area contributed by atoms with Gasteiger partial charge in [-0.2, -0.15) is 0 Å². The van der Waals surface area contributed by atoms with Gasteiger partial charge in [-0.25, -0.2) is 4.79 Å². The van der Waals surface area contributed by atoms with E-state index >= 15 is 0 Å². The lowest BCUT2D eigenvalue weighted by Gasteiger charge is -2.13. The number of imide groups is 1. The maximum atomic E-state index is 12.0. The summed E-state index contributed by atoms with van der Waals surface area (Å²) in [6.07, 6.45) is 1.36. The minimum Gasteiger partial charge on any atom is -0.326 e. The quantitative estimate of drug-likeness (QED) is 0.784. The molecule has 6 nitrogen and oxygen atoms in total. The number of hydrogen-bond acceptors (Lipinski definition) is 3. The van der Waals surface area contributed by atoms with Crippen molar-refractivity contribution in [2.45, 2.75) is 32.7 Å². The molecule has 1 aromatic rings. The van der Waals surface area contributed by atoms with Gasteiger partial charge < -0.3 is 10.6 Å². The second kappa shape index (κ2) is 6.91. The van der Waals surface area contributed by atoms with E-state index in [4.69, 9.17) is 0 Å². The number of rotatable bonds is 5. The van der Waals surface area contributed by atoms with Crippen LogP contribution in [0.15, 0.2) is 22.7 Å². The molecule has 1 unspecified atom stereocenters. The van der Waals surface area contributed by atoms with Crippen LogP contribution in [0.5, 0.6) is 0 Å². The summed E-state index contributed by atoms with van der Waals surface area (Å²) in [5.41, 5.74) is 1.61. The van der Waals surface area contributed by atoms with E-state index in [1.807, 2.05) is 26.0 Å². The molecule has 1 aliphatic heterocycles. The summed E-state index contributed by atoms with van der Waals surface area (Å²) < 4.78 is 0.946.